The average molecular weight is 274 g/mol. The highest BCUT2D eigenvalue weighted by Crippen LogP contribution is 2.14. The average Bonchev–Trinajstić information content (AvgIpc) is 2.85. The lowest BCUT2D eigenvalue weighted by atomic mass is 10.1. The third-order valence-electron chi connectivity index (χ3n) is 3.75. The quantitative estimate of drug-likeness (QED) is 0.896. The van der Waals surface area contributed by atoms with E-state index in [1.165, 1.54) is 0 Å². The summed E-state index contributed by atoms with van der Waals surface area (Å²) in [6.07, 6.45) is 2.53. The molecule has 1 aromatic rings. The monoisotopic (exact) mass is 274 g/mol. The molecule has 20 heavy (non-hydrogen) atoms. The smallest absolute Gasteiger partial charge is 0.251 e. The Morgan fingerprint density at radius 3 is 2.60 bits per heavy atom. The maximum atomic E-state index is 11.9. The molecular formula is C16H22N2O2. The lowest BCUT2D eigenvalue weighted by molar-refractivity contribution is -0.128. The van der Waals surface area contributed by atoms with Crippen LogP contribution in [0, 0.1) is 0 Å². The largest absolute Gasteiger partial charge is 0.350 e. The van der Waals surface area contributed by atoms with Crippen LogP contribution in [0.3, 0.4) is 0 Å². The molecule has 0 saturated carbocycles. The number of hydrogen-bond donors (Lipinski definition) is 1. The van der Waals surface area contributed by atoms with Crippen LogP contribution < -0.4 is 5.32 Å². The first-order valence-electron chi connectivity index (χ1n) is 7.27. The van der Waals surface area contributed by atoms with Crippen molar-refractivity contribution in [1.82, 2.24) is 10.2 Å². The molecule has 1 saturated heterocycles. The number of carbonyl (C=O) groups excluding carboxylic acids is 2. The highest BCUT2D eigenvalue weighted by atomic mass is 16.2. The third-order valence-corrected chi connectivity index (χ3v) is 3.75. The van der Waals surface area contributed by atoms with Gasteiger partial charge in [-0.15, -0.1) is 0 Å². The first-order valence-corrected chi connectivity index (χ1v) is 7.27. The highest BCUT2D eigenvalue weighted by Gasteiger charge is 2.20. The summed E-state index contributed by atoms with van der Waals surface area (Å²) in [6.45, 7) is 5.52. The van der Waals surface area contributed by atoms with E-state index in [1.807, 2.05) is 43.0 Å². The van der Waals surface area contributed by atoms with Gasteiger partial charge >= 0.3 is 0 Å². The van der Waals surface area contributed by atoms with Gasteiger partial charge in [0.2, 0.25) is 5.91 Å². The van der Waals surface area contributed by atoms with Crippen LogP contribution in [0.1, 0.15) is 49.0 Å². The second-order valence-corrected chi connectivity index (χ2v) is 5.40. The Kier molecular flexibility index (Phi) is 4.77. The van der Waals surface area contributed by atoms with Gasteiger partial charge in [-0.1, -0.05) is 19.1 Å². The molecule has 0 bridgehead atoms. The van der Waals surface area contributed by atoms with Gasteiger partial charge in [0.05, 0.1) is 0 Å². The molecule has 1 aromatic carbocycles. The molecule has 1 N–H and O–H groups in total. The second kappa shape index (κ2) is 6.55. The van der Waals surface area contributed by atoms with Gasteiger partial charge in [-0.25, -0.2) is 0 Å². The van der Waals surface area contributed by atoms with E-state index in [4.69, 9.17) is 0 Å². The molecule has 1 fully saturated rings. The van der Waals surface area contributed by atoms with Crippen LogP contribution >= 0.6 is 0 Å². The first-order chi connectivity index (χ1) is 9.60. The van der Waals surface area contributed by atoms with E-state index in [-0.39, 0.29) is 17.9 Å². The van der Waals surface area contributed by atoms with Gasteiger partial charge in [0.25, 0.3) is 5.91 Å². The summed E-state index contributed by atoms with van der Waals surface area (Å²) in [6, 6.07) is 7.69. The number of carbonyl (C=O) groups is 2. The van der Waals surface area contributed by atoms with E-state index in [1.54, 1.807) is 0 Å². The number of likely N-dealkylation sites (tertiary alicyclic amines) is 1. The minimum absolute atomic E-state index is 0.0388. The van der Waals surface area contributed by atoms with Gasteiger partial charge in [-0.2, -0.15) is 0 Å². The van der Waals surface area contributed by atoms with Crippen LogP contribution in [0.2, 0.25) is 0 Å². The zero-order valence-electron chi connectivity index (χ0n) is 12.2. The van der Waals surface area contributed by atoms with Gasteiger partial charge < -0.3 is 10.2 Å². The molecule has 0 aliphatic carbocycles. The number of rotatable bonds is 5. The van der Waals surface area contributed by atoms with Crippen LogP contribution in [0.15, 0.2) is 24.3 Å². The summed E-state index contributed by atoms with van der Waals surface area (Å²) >= 11 is 0. The summed E-state index contributed by atoms with van der Waals surface area (Å²) in [7, 11) is 0. The van der Waals surface area contributed by atoms with Crippen LogP contribution in [-0.2, 0) is 11.3 Å². The minimum Gasteiger partial charge on any atom is -0.350 e. The van der Waals surface area contributed by atoms with Crippen molar-refractivity contribution in [2.24, 2.45) is 0 Å². The predicted molar refractivity (Wildman–Crippen MR) is 78.3 cm³/mol. The van der Waals surface area contributed by atoms with Crippen LogP contribution in [-0.4, -0.2) is 29.3 Å². The van der Waals surface area contributed by atoms with Crippen molar-refractivity contribution in [2.45, 2.75) is 45.7 Å². The maximum absolute atomic E-state index is 11.9. The fourth-order valence-electron chi connectivity index (χ4n) is 2.26. The van der Waals surface area contributed by atoms with Crippen LogP contribution in [0.25, 0.3) is 0 Å². The maximum Gasteiger partial charge on any atom is 0.251 e. The molecule has 2 rings (SSSR count). The Labute approximate surface area is 120 Å². The van der Waals surface area contributed by atoms with Crippen molar-refractivity contribution >= 4 is 11.8 Å². The molecule has 1 heterocycles. The standard InChI is InChI=1S/C16H22N2O2/c1-3-12(2)17-16(20)14-8-6-13(7-9-14)11-18-10-4-5-15(18)19/h6-9,12H,3-5,10-11H2,1-2H3,(H,17,20)/t12-/m1/s1. The topological polar surface area (TPSA) is 49.4 Å². The van der Waals surface area contributed by atoms with Gasteiger partial charge in [-0.05, 0) is 37.5 Å². The molecular weight excluding hydrogens is 252 g/mol. The van der Waals surface area contributed by atoms with E-state index in [9.17, 15) is 9.59 Å². The molecule has 2 amide bonds. The van der Waals surface area contributed by atoms with Crippen molar-refractivity contribution < 1.29 is 9.59 Å². The van der Waals surface area contributed by atoms with Crippen molar-refractivity contribution in [3.63, 3.8) is 0 Å². The molecule has 4 nitrogen and oxygen atoms in total. The number of nitrogens with one attached hydrogen (secondary N) is 1. The number of nitrogens with zero attached hydrogens (tertiary/aromatic N) is 1. The zero-order chi connectivity index (χ0) is 14.5. The summed E-state index contributed by atoms with van der Waals surface area (Å²) in [5, 5.41) is 2.94. The molecule has 1 atom stereocenters. The third kappa shape index (κ3) is 3.59. The molecule has 1 aliphatic heterocycles. The van der Waals surface area contributed by atoms with Crippen molar-refractivity contribution in [3.8, 4) is 0 Å². The van der Waals surface area contributed by atoms with E-state index in [0.29, 0.717) is 18.5 Å². The Balaban J connectivity index is 1.95. The van der Waals surface area contributed by atoms with Crippen LogP contribution in [0.5, 0.6) is 0 Å². The second-order valence-electron chi connectivity index (χ2n) is 5.40. The lowest BCUT2D eigenvalue weighted by Crippen LogP contribution is -2.31. The van der Waals surface area contributed by atoms with Gasteiger partial charge in [0.15, 0.2) is 0 Å². The lowest BCUT2D eigenvalue weighted by Gasteiger charge is -2.16. The zero-order valence-corrected chi connectivity index (χ0v) is 12.2. The van der Waals surface area contributed by atoms with Crippen molar-refractivity contribution in [2.75, 3.05) is 6.54 Å². The molecule has 1 aliphatic rings. The van der Waals surface area contributed by atoms with Gasteiger partial charge in [-0.3, -0.25) is 9.59 Å². The number of hydrogen-bond acceptors (Lipinski definition) is 2. The van der Waals surface area contributed by atoms with E-state index in [0.717, 1.165) is 24.9 Å². The Morgan fingerprint density at radius 2 is 2.05 bits per heavy atom. The molecule has 108 valence electrons. The molecule has 0 aromatic heterocycles. The molecule has 4 heteroatoms. The minimum atomic E-state index is -0.0388. The van der Waals surface area contributed by atoms with Crippen molar-refractivity contribution in [1.29, 1.82) is 0 Å². The highest BCUT2D eigenvalue weighted by molar-refractivity contribution is 5.94. The van der Waals surface area contributed by atoms with Crippen LogP contribution in [0.4, 0.5) is 0 Å². The Hall–Kier alpha value is -1.84. The first kappa shape index (κ1) is 14.6. The molecule has 0 radical (unpaired) electrons. The molecule has 0 unspecified atom stereocenters. The normalized spacial score (nSPS) is 16.3. The van der Waals surface area contributed by atoms with E-state index >= 15 is 0 Å². The number of benzene rings is 1. The van der Waals surface area contributed by atoms with E-state index < -0.39 is 0 Å². The van der Waals surface area contributed by atoms with Gasteiger partial charge in [0.1, 0.15) is 0 Å². The summed E-state index contributed by atoms with van der Waals surface area (Å²) in [5.41, 5.74) is 1.74. The Bertz CT molecular complexity index is 482. The van der Waals surface area contributed by atoms with Gasteiger partial charge in [0, 0.05) is 31.1 Å². The Morgan fingerprint density at radius 1 is 1.35 bits per heavy atom. The fraction of sp³-hybridized carbons (Fsp3) is 0.500. The van der Waals surface area contributed by atoms with Crippen molar-refractivity contribution in [3.05, 3.63) is 35.4 Å². The summed E-state index contributed by atoms with van der Waals surface area (Å²) < 4.78 is 0. The number of amides is 2. The SMILES string of the molecule is CC[C@@H](C)NC(=O)c1ccc(CN2CCCC2=O)cc1. The summed E-state index contributed by atoms with van der Waals surface area (Å²) in [5.74, 6) is 0.187. The predicted octanol–water partition coefficient (Wildman–Crippen LogP) is 2.34. The van der Waals surface area contributed by atoms with E-state index in [2.05, 4.69) is 5.32 Å². The fourth-order valence-corrected chi connectivity index (χ4v) is 2.26. The summed E-state index contributed by atoms with van der Waals surface area (Å²) in [4.78, 5) is 25.4. The molecule has 0 spiro atoms.